The van der Waals surface area contributed by atoms with Gasteiger partial charge in [0.05, 0.1) is 0 Å². The van der Waals surface area contributed by atoms with Crippen LogP contribution in [0.2, 0.25) is 0 Å². The zero-order valence-corrected chi connectivity index (χ0v) is 11.7. The Morgan fingerprint density at radius 1 is 1.05 bits per heavy atom. The normalized spacial score (nSPS) is 14.3. The Balaban J connectivity index is 1.93. The minimum absolute atomic E-state index is 0.00439. The SMILES string of the molecule is Cc1cc(F)cc(C)c1C(=O)C1Cc2ccccc2C1. The molecule has 20 heavy (non-hydrogen) atoms. The molecule has 2 heteroatoms. The van der Waals surface area contributed by atoms with E-state index in [-0.39, 0.29) is 17.5 Å². The van der Waals surface area contributed by atoms with E-state index >= 15 is 0 Å². The fraction of sp³-hybridized carbons (Fsp3) is 0.278. The molecule has 1 nitrogen and oxygen atoms in total. The van der Waals surface area contributed by atoms with Gasteiger partial charge >= 0.3 is 0 Å². The summed E-state index contributed by atoms with van der Waals surface area (Å²) in [6.45, 7) is 3.62. The first kappa shape index (κ1) is 13.0. The minimum atomic E-state index is -0.272. The second-order valence-electron chi connectivity index (χ2n) is 5.65. The van der Waals surface area contributed by atoms with E-state index in [4.69, 9.17) is 0 Å². The molecule has 102 valence electrons. The van der Waals surface area contributed by atoms with Crippen LogP contribution in [0.5, 0.6) is 0 Å². The molecule has 0 heterocycles. The zero-order chi connectivity index (χ0) is 14.3. The standard InChI is InChI=1S/C18H17FO/c1-11-7-16(19)8-12(2)17(11)18(20)15-9-13-5-3-4-6-14(13)10-15/h3-8,15H,9-10H2,1-2H3. The van der Waals surface area contributed by atoms with E-state index in [0.717, 1.165) is 24.0 Å². The third kappa shape index (κ3) is 2.15. The number of hydrogen-bond donors (Lipinski definition) is 0. The average Bonchev–Trinajstić information content (AvgIpc) is 2.81. The molecular formula is C18H17FO. The van der Waals surface area contributed by atoms with Gasteiger partial charge in [0.2, 0.25) is 0 Å². The molecule has 0 bridgehead atoms. The molecule has 0 aromatic heterocycles. The first-order chi connectivity index (χ1) is 9.56. The van der Waals surface area contributed by atoms with Gasteiger partial charge < -0.3 is 0 Å². The summed E-state index contributed by atoms with van der Waals surface area (Å²) in [7, 11) is 0. The van der Waals surface area contributed by atoms with Crippen molar-refractivity contribution in [2.75, 3.05) is 0 Å². The van der Waals surface area contributed by atoms with Gasteiger partial charge in [-0.3, -0.25) is 4.79 Å². The highest BCUT2D eigenvalue weighted by atomic mass is 19.1. The summed E-state index contributed by atoms with van der Waals surface area (Å²) < 4.78 is 13.4. The Hall–Kier alpha value is -1.96. The van der Waals surface area contributed by atoms with Crippen LogP contribution >= 0.6 is 0 Å². The van der Waals surface area contributed by atoms with Crippen LogP contribution in [0, 0.1) is 25.6 Å². The zero-order valence-electron chi connectivity index (χ0n) is 11.7. The molecule has 0 radical (unpaired) electrons. The number of halogens is 1. The highest BCUT2D eigenvalue weighted by molar-refractivity contribution is 6.01. The Bertz CT molecular complexity index is 640. The molecule has 1 aliphatic carbocycles. The molecule has 0 saturated carbocycles. The number of fused-ring (bicyclic) bond motifs is 1. The number of benzene rings is 2. The van der Waals surface area contributed by atoms with Gasteiger partial charge in [0.1, 0.15) is 5.82 Å². The summed E-state index contributed by atoms with van der Waals surface area (Å²) in [4.78, 5) is 12.7. The summed E-state index contributed by atoms with van der Waals surface area (Å²) >= 11 is 0. The van der Waals surface area contributed by atoms with Crippen LogP contribution in [-0.2, 0) is 12.8 Å². The number of Topliss-reactive ketones (excluding diaryl/α,β-unsaturated/α-hetero) is 1. The number of rotatable bonds is 2. The highest BCUT2D eigenvalue weighted by Crippen LogP contribution is 2.30. The number of carbonyl (C=O) groups excluding carboxylic acids is 1. The van der Waals surface area contributed by atoms with Crippen molar-refractivity contribution in [1.29, 1.82) is 0 Å². The molecule has 0 amide bonds. The van der Waals surface area contributed by atoms with Crippen molar-refractivity contribution in [1.82, 2.24) is 0 Å². The van der Waals surface area contributed by atoms with Crippen LogP contribution in [0.1, 0.15) is 32.6 Å². The minimum Gasteiger partial charge on any atom is -0.294 e. The molecule has 2 aromatic rings. The van der Waals surface area contributed by atoms with Gasteiger partial charge in [-0.1, -0.05) is 24.3 Å². The van der Waals surface area contributed by atoms with Crippen molar-refractivity contribution in [3.63, 3.8) is 0 Å². The van der Waals surface area contributed by atoms with E-state index in [1.54, 1.807) is 0 Å². The molecule has 0 unspecified atom stereocenters. The predicted molar refractivity (Wildman–Crippen MR) is 77.5 cm³/mol. The van der Waals surface area contributed by atoms with Crippen LogP contribution in [-0.4, -0.2) is 5.78 Å². The molecular weight excluding hydrogens is 251 g/mol. The molecule has 0 spiro atoms. The number of hydrogen-bond acceptors (Lipinski definition) is 1. The van der Waals surface area contributed by atoms with Crippen molar-refractivity contribution >= 4 is 5.78 Å². The lowest BCUT2D eigenvalue weighted by Gasteiger charge is -2.13. The molecule has 0 fully saturated rings. The lowest BCUT2D eigenvalue weighted by molar-refractivity contribution is 0.0923. The van der Waals surface area contributed by atoms with Gasteiger partial charge in [-0.05, 0) is 61.1 Å². The van der Waals surface area contributed by atoms with E-state index in [1.807, 2.05) is 26.0 Å². The van der Waals surface area contributed by atoms with Crippen molar-refractivity contribution in [2.24, 2.45) is 5.92 Å². The number of carbonyl (C=O) groups is 1. The van der Waals surface area contributed by atoms with Crippen LogP contribution in [0.25, 0.3) is 0 Å². The third-order valence-electron chi connectivity index (χ3n) is 4.17. The van der Waals surface area contributed by atoms with Crippen molar-refractivity contribution < 1.29 is 9.18 Å². The van der Waals surface area contributed by atoms with Crippen LogP contribution < -0.4 is 0 Å². The molecule has 1 aliphatic rings. The monoisotopic (exact) mass is 268 g/mol. The number of ketones is 1. The fourth-order valence-electron chi connectivity index (χ4n) is 3.25. The Kier molecular flexibility index (Phi) is 3.17. The topological polar surface area (TPSA) is 17.1 Å². The van der Waals surface area contributed by atoms with E-state index < -0.39 is 0 Å². The summed E-state index contributed by atoms with van der Waals surface area (Å²) in [6.07, 6.45) is 1.59. The quantitative estimate of drug-likeness (QED) is 0.751. The Labute approximate surface area is 118 Å². The molecule has 3 rings (SSSR count). The van der Waals surface area contributed by atoms with Crippen molar-refractivity contribution in [3.8, 4) is 0 Å². The summed E-state index contributed by atoms with van der Waals surface area (Å²) in [6, 6.07) is 11.1. The summed E-state index contributed by atoms with van der Waals surface area (Å²) in [5, 5.41) is 0. The first-order valence-electron chi connectivity index (χ1n) is 6.94. The van der Waals surface area contributed by atoms with E-state index in [0.29, 0.717) is 5.56 Å². The Morgan fingerprint density at radius 3 is 2.05 bits per heavy atom. The second-order valence-corrected chi connectivity index (χ2v) is 5.65. The molecule has 0 N–H and O–H groups in total. The van der Waals surface area contributed by atoms with Gasteiger partial charge in [-0.15, -0.1) is 0 Å². The first-order valence-corrected chi connectivity index (χ1v) is 6.94. The molecule has 0 aliphatic heterocycles. The summed E-state index contributed by atoms with van der Waals surface area (Å²) in [5.41, 5.74) is 4.71. The molecule has 2 aromatic carbocycles. The van der Waals surface area contributed by atoms with Crippen LogP contribution in [0.4, 0.5) is 4.39 Å². The molecule has 0 atom stereocenters. The van der Waals surface area contributed by atoms with Crippen LogP contribution in [0.15, 0.2) is 36.4 Å². The third-order valence-corrected chi connectivity index (χ3v) is 4.17. The highest BCUT2D eigenvalue weighted by Gasteiger charge is 2.29. The maximum Gasteiger partial charge on any atom is 0.167 e. The maximum absolute atomic E-state index is 13.4. The predicted octanol–water partition coefficient (Wildman–Crippen LogP) is 4.04. The lowest BCUT2D eigenvalue weighted by Crippen LogP contribution is -2.17. The van der Waals surface area contributed by atoms with Gasteiger partial charge in [0.25, 0.3) is 0 Å². The van der Waals surface area contributed by atoms with Crippen molar-refractivity contribution in [3.05, 3.63) is 70.0 Å². The van der Waals surface area contributed by atoms with E-state index in [1.165, 1.54) is 23.3 Å². The smallest absolute Gasteiger partial charge is 0.167 e. The van der Waals surface area contributed by atoms with Gasteiger partial charge in [0, 0.05) is 11.5 Å². The second kappa shape index (κ2) is 4.86. The summed E-state index contributed by atoms with van der Waals surface area (Å²) in [5.74, 6) is -0.127. The maximum atomic E-state index is 13.4. The average molecular weight is 268 g/mol. The molecule has 0 saturated heterocycles. The largest absolute Gasteiger partial charge is 0.294 e. The Morgan fingerprint density at radius 2 is 1.55 bits per heavy atom. The van der Waals surface area contributed by atoms with E-state index in [2.05, 4.69) is 12.1 Å². The van der Waals surface area contributed by atoms with Gasteiger partial charge in [0.15, 0.2) is 5.78 Å². The number of aryl methyl sites for hydroxylation is 2. The van der Waals surface area contributed by atoms with Crippen molar-refractivity contribution in [2.45, 2.75) is 26.7 Å². The van der Waals surface area contributed by atoms with Gasteiger partial charge in [-0.25, -0.2) is 4.39 Å². The fourth-order valence-corrected chi connectivity index (χ4v) is 3.25. The van der Waals surface area contributed by atoms with Crippen LogP contribution in [0.3, 0.4) is 0 Å². The van der Waals surface area contributed by atoms with E-state index in [9.17, 15) is 9.18 Å². The van der Waals surface area contributed by atoms with Gasteiger partial charge in [-0.2, -0.15) is 0 Å². The lowest BCUT2D eigenvalue weighted by atomic mass is 9.89.